The van der Waals surface area contributed by atoms with Gasteiger partial charge in [-0.05, 0) is 33.1 Å². The van der Waals surface area contributed by atoms with Gasteiger partial charge < -0.3 is 9.64 Å². The van der Waals surface area contributed by atoms with Crippen LogP contribution in [0.25, 0.3) is 0 Å². The molecule has 0 saturated carbocycles. The smallest absolute Gasteiger partial charge is 0.410 e. The molecule has 1 aliphatic heterocycles. The highest BCUT2D eigenvalue weighted by Gasteiger charge is 2.46. The maximum Gasteiger partial charge on any atom is 0.410 e. The lowest BCUT2D eigenvalue weighted by Gasteiger charge is -2.49. The van der Waals surface area contributed by atoms with Crippen LogP contribution in [-0.2, 0) is 4.74 Å². The van der Waals surface area contributed by atoms with Crippen LogP contribution >= 0.6 is 0 Å². The second kappa shape index (κ2) is 4.83. The van der Waals surface area contributed by atoms with Gasteiger partial charge in [-0.15, -0.1) is 0 Å². The number of carbonyl (C=O) groups is 1. The first-order chi connectivity index (χ1) is 7.67. The summed E-state index contributed by atoms with van der Waals surface area (Å²) in [5.74, 6) is 0.450. The van der Waals surface area contributed by atoms with Crippen molar-refractivity contribution in [3.8, 4) is 0 Å². The molecule has 0 bridgehead atoms. The molecule has 17 heavy (non-hydrogen) atoms. The fraction of sp³-hybridized carbons (Fsp3) is 0.923. The van der Waals surface area contributed by atoms with E-state index in [-0.39, 0.29) is 18.2 Å². The average molecular weight is 245 g/mol. The zero-order chi connectivity index (χ0) is 13.3. The van der Waals surface area contributed by atoms with Crippen LogP contribution in [0, 0.1) is 11.3 Å². The highest BCUT2D eigenvalue weighted by Crippen LogP contribution is 2.37. The second-order valence-corrected chi connectivity index (χ2v) is 6.57. The van der Waals surface area contributed by atoms with Crippen LogP contribution in [0.15, 0.2) is 0 Å². The van der Waals surface area contributed by atoms with Crippen LogP contribution in [0.5, 0.6) is 0 Å². The molecule has 1 rings (SSSR count). The van der Waals surface area contributed by atoms with Crippen molar-refractivity contribution in [3.05, 3.63) is 0 Å². The first kappa shape index (κ1) is 14.3. The van der Waals surface area contributed by atoms with E-state index in [1.165, 1.54) is 0 Å². The largest absolute Gasteiger partial charge is 0.444 e. The third-order valence-corrected chi connectivity index (χ3v) is 2.83. The number of amides is 1. The van der Waals surface area contributed by atoms with Crippen LogP contribution in [0.1, 0.15) is 41.0 Å². The minimum Gasteiger partial charge on any atom is -0.444 e. The normalized spacial score (nSPS) is 19.1. The maximum absolute atomic E-state index is 13.0. The number of nitrogens with zero attached hydrogens (tertiary/aromatic N) is 1. The predicted molar refractivity (Wildman–Crippen MR) is 65.7 cm³/mol. The van der Waals surface area contributed by atoms with Crippen molar-refractivity contribution in [1.82, 2.24) is 4.90 Å². The summed E-state index contributed by atoms with van der Waals surface area (Å²) in [5, 5.41) is 0. The van der Waals surface area contributed by atoms with Crippen LogP contribution in [0.2, 0.25) is 0 Å². The van der Waals surface area contributed by atoms with Gasteiger partial charge in [0, 0.05) is 18.5 Å². The van der Waals surface area contributed by atoms with Crippen LogP contribution in [0.4, 0.5) is 9.18 Å². The summed E-state index contributed by atoms with van der Waals surface area (Å²) >= 11 is 0. The van der Waals surface area contributed by atoms with Gasteiger partial charge in [-0.3, -0.25) is 4.39 Å². The van der Waals surface area contributed by atoms with Gasteiger partial charge in [0.25, 0.3) is 0 Å². The number of carbonyl (C=O) groups excluding carboxylic acids is 1. The van der Waals surface area contributed by atoms with Crippen molar-refractivity contribution >= 4 is 6.09 Å². The number of hydrogen-bond acceptors (Lipinski definition) is 2. The Morgan fingerprint density at radius 1 is 1.41 bits per heavy atom. The van der Waals surface area contributed by atoms with E-state index in [0.29, 0.717) is 19.0 Å². The van der Waals surface area contributed by atoms with Crippen molar-refractivity contribution in [2.45, 2.75) is 46.6 Å². The molecule has 1 heterocycles. The Morgan fingerprint density at radius 3 is 2.29 bits per heavy atom. The molecule has 4 heteroatoms. The van der Waals surface area contributed by atoms with Gasteiger partial charge in [-0.25, -0.2) is 4.79 Å². The summed E-state index contributed by atoms with van der Waals surface area (Å²) in [6.07, 6.45) is 0.494. The highest BCUT2D eigenvalue weighted by atomic mass is 19.1. The molecule has 0 aromatic heterocycles. The van der Waals surface area contributed by atoms with Crippen molar-refractivity contribution in [2.24, 2.45) is 11.3 Å². The number of rotatable bonds is 3. The Kier molecular flexibility index (Phi) is 4.05. The zero-order valence-corrected chi connectivity index (χ0v) is 11.5. The molecule has 1 fully saturated rings. The molecule has 0 spiro atoms. The van der Waals surface area contributed by atoms with E-state index in [4.69, 9.17) is 4.74 Å². The number of likely N-dealkylation sites (tertiary alicyclic amines) is 1. The minimum absolute atomic E-state index is 0.328. The molecule has 0 aromatic carbocycles. The number of hydrogen-bond donors (Lipinski definition) is 0. The summed E-state index contributed by atoms with van der Waals surface area (Å²) in [5.41, 5.74) is -0.811. The van der Waals surface area contributed by atoms with E-state index < -0.39 is 5.60 Å². The molecule has 3 nitrogen and oxygen atoms in total. The van der Waals surface area contributed by atoms with Crippen LogP contribution in [-0.4, -0.2) is 36.4 Å². The Labute approximate surface area is 103 Å². The molecular formula is C13H24FNO2. The molecule has 1 aliphatic rings. The van der Waals surface area contributed by atoms with E-state index in [9.17, 15) is 9.18 Å². The molecule has 1 saturated heterocycles. The van der Waals surface area contributed by atoms with E-state index in [0.717, 1.165) is 6.42 Å². The SMILES string of the molecule is CC(C)CC1(CF)CN(C(=O)OC(C)(C)C)C1. The molecule has 0 radical (unpaired) electrons. The summed E-state index contributed by atoms with van der Waals surface area (Å²) in [6, 6.07) is 0. The maximum atomic E-state index is 13.0. The lowest BCUT2D eigenvalue weighted by molar-refractivity contribution is -0.0512. The van der Waals surface area contributed by atoms with Crippen molar-refractivity contribution < 1.29 is 13.9 Å². The molecule has 0 N–H and O–H groups in total. The molecule has 100 valence electrons. The standard InChI is InChI=1S/C13H24FNO2/c1-10(2)6-13(7-14)8-15(9-13)11(16)17-12(3,4)5/h10H,6-9H2,1-5H3. The van der Waals surface area contributed by atoms with Crippen molar-refractivity contribution in [3.63, 3.8) is 0 Å². The lowest BCUT2D eigenvalue weighted by Crippen LogP contribution is -2.60. The Balaban J connectivity index is 2.46. The molecule has 0 aliphatic carbocycles. The number of ether oxygens (including phenoxy) is 1. The van der Waals surface area contributed by atoms with Gasteiger partial charge in [0.15, 0.2) is 0 Å². The third-order valence-electron chi connectivity index (χ3n) is 2.83. The van der Waals surface area contributed by atoms with Crippen LogP contribution in [0.3, 0.4) is 0 Å². The summed E-state index contributed by atoms with van der Waals surface area (Å²) in [4.78, 5) is 13.3. The van der Waals surface area contributed by atoms with Gasteiger partial charge in [0.05, 0.1) is 6.67 Å². The van der Waals surface area contributed by atoms with Gasteiger partial charge in [0.2, 0.25) is 0 Å². The molecule has 1 amide bonds. The number of alkyl halides is 1. The Morgan fingerprint density at radius 2 is 1.94 bits per heavy atom. The van der Waals surface area contributed by atoms with Gasteiger partial charge >= 0.3 is 6.09 Å². The van der Waals surface area contributed by atoms with E-state index >= 15 is 0 Å². The number of halogens is 1. The molecular weight excluding hydrogens is 221 g/mol. The fourth-order valence-electron chi connectivity index (χ4n) is 2.35. The monoisotopic (exact) mass is 245 g/mol. The topological polar surface area (TPSA) is 29.5 Å². The summed E-state index contributed by atoms with van der Waals surface area (Å²) in [7, 11) is 0. The van der Waals surface area contributed by atoms with Gasteiger partial charge in [-0.1, -0.05) is 13.8 Å². The molecule has 0 atom stereocenters. The second-order valence-electron chi connectivity index (χ2n) is 6.57. The summed E-state index contributed by atoms with van der Waals surface area (Å²) in [6.45, 7) is 10.3. The van der Waals surface area contributed by atoms with Gasteiger partial charge in [-0.2, -0.15) is 0 Å². The quantitative estimate of drug-likeness (QED) is 0.764. The first-order valence-corrected chi connectivity index (χ1v) is 6.21. The first-order valence-electron chi connectivity index (χ1n) is 6.21. The minimum atomic E-state index is -0.483. The highest BCUT2D eigenvalue weighted by molar-refractivity contribution is 5.69. The van der Waals surface area contributed by atoms with Crippen LogP contribution < -0.4 is 0 Å². The zero-order valence-electron chi connectivity index (χ0n) is 11.5. The summed E-state index contributed by atoms with van der Waals surface area (Å²) < 4.78 is 18.3. The molecule has 0 unspecified atom stereocenters. The Bertz CT molecular complexity index is 278. The fourth-order valence-corrected chi connectivity index (χ4v) is 2.35. The van der Waals surface area contributed by atoms with Crippen molar-refractivity contribution in [2.75, 3.05) is 19.8 Å². The average Bonchev–Trinajstić information content (AvgIpc) is 2.06. The van der Waals surface area contributed by atoms with E-state index in [1.54, 1.807) is 4.90 Å². The Hall–Kier alpha value is -0.800. The van der Waals surface area contributed by atoms with E-state index in [1.807, 2.05) is 20.8 Å². The van der Waals surface area contributed by atoms with E-state index in [2.05, 4.69) is 13.8 Å². The third kappa shape index (κ3) is 3.86. The van der Waals surface area contributed by atoms with Gasteiger partial charge in [0.1, 0.15) is 5.60 Å². The predicted octanol–water partition coefficient (Wildman–Crippen LogP) is 3.24. The van der Waals surface area contributed by atoms with Crippen molar-refractivity contribution in [1.29, 1.82) is 0 Å². The molecule has 0 aromatic rings. The lowest BCUT2D eigenvalue weighted by atomic mass is 9.75.